The van der Waals surface area contributed by atoms with E-state index in [1.807, 2.05) is 0 Å². The molecule has 0 radical (unpaired) electrons. The van der Waals surface area contributed by atoms with E-state index in [4.69, 9.17) is 0 Å². The Morgan fingerprint density at radius 1 is 1.17 bits per heavy atom. The number of carbonyl (C=O) groups is 1. The van der Waals surface area contributed by atoms with Crippen molar-refractivity contribution in [2.45, 2.75) is 44.3 Å². The van der Waals surface area contributed by atoms with Gasteiger partial charge in [-0.15, -0.1) is 0 Å². The smallest absolute Gasteiger partial charge is 0.352 e. The quantitative estimate of drug-likeness (QED) is 0.799. The molecular weight excluding hydrogens is 245 g/mol. The van der Waals surface area contributed by atoms with Crippen LogP contribution in [0, 0.1) is 11.8 Å². The molecule has 0 aromatic rings. The van der Waals surface area contributed by atoms with Crippen LogP contribution in [0.5, 0.6) is 0 Å². The molecule has 0 aromatic heterocycles. The first-order valence-electron chi connectivity index (χ1n) is 6.56. The van der Waals surface area contributed by atoms with Gasteiger partial charge in [-0.1, -0.05) is 12.8 Å². The maximum absolute atomic E-state index is 12.9. The van der Waals surface area contributed by atoms with Crippen molar-refractivity contribution in [1.29, 1.82) is 0 Å². The van der Waals surface area contributed by atoms with Gasteiger partial charge in [0.2, 0.25) is 5.91 Å². The standard InChI is InChI=1S/C12H19F3N2O/c13-12(14,15)10-4-2-1-3-9(10)11(18)17-8-5-6-16-7-8/h8-10,16H,1-7H2,(H,17,18). The second-order valence-electron chi connectivity index (χ2n) is 5.24. The van der Waals surface area contributed by atoms with E-state index in [0.29, 0.717) is 25.8 Å². The zero-order valence-corrected chi connectivity index (χ0v) is 10.2. The van der Waals surface area contributed by atoms with Crippen molar-refractivity contribution in [3.63, 3.8) is 0 Å². The van der Waals surface area contributed by atoms with E-state index in [1.54, 1.807) is 0 Å². The van der Waals surface area contributed by atoms with Crippen molar-refractivity contribution in [1.82, 2.24) is 10.6 Å². The summed E-state index contributed by atoms with van der Waals surface area (Å²) in [5.74, 6) is -2.76. The highest BCUT2D eigenvalue weighted by atomic mass is 19.4. The van der Waals surface area contributed by atoms with Crippen LogP contribution in [-0.2, 0) is 4.79 Å². The van der Waals surface area contributed by atoms with Gasteiger partial charge in [0.25, 0.3) is 0 Å². The zero-order chi connectivity index (χ0) is 13.2. The highest BCUT2D eigenvalue weighted by Gasteiger charge is 2.48. The van der Waals surface area contributed by atoms with Crippen molar-refractivity contribution in [3.05, 3.63) is 0 Å². The highest BCUT2D eigenvalue weighted by molar-refractivity contribution is 5.79. The summed E-state index contributed by atoms with van der Waals surface area (Å²) in [6.07, 6.45) is -1.72. The number of carbonyl (C=O) groups excluding carboxylic acids is 1. The SMILES string of the molecule is O=C(NC1CCNC1)C1CCCCC1C(F)(F)F. The average Bonchev–Trinajstić information content (AvgIpc) is 2.80. The fraction of sp³-hybridized carbons (Fsp3) is 0.917. The molecular formula is C12H19F3N2O. The third-order valence-corrected chi connectivity index (χ3v) is 3.93. The summed E-state index contributed by atoms with van der Waals surface area (Å²) < 4.78 is 38.6. The number of hydrogen-bond acceptors (Lipinski definition) is 2. The van der Waals surface area contributed by atoms with Crippen molar-refractivity contribution in [2.75, 3.05) is 13.1 Å². The fourth-order valence-electron chi connectivity index (χ4n) is 2.92. The molecule has 0 spiro atoms. The van der Waals surface area contributed by atoms with Crippen LogP contribution in [0.1, 0.15) is 32.1 Å². The fourth-order valence-corrected chi connectivity index (χ4v) is 2.92. The summed E-state index contributed by atoms with van der Waals surface area (Å²) in [6, 6.07) is -0.00619. The molecule has 0 aromatic carbocycles. The molecule has 1 amide bonds. The Labute approximate surface area is 104 Å². The second-order valence-corrected chi connectivity index (χ2v) is 5.24. The summed E-state index contributed by atoms with van der Waals surface area (Å²) in [5.41, 5.74) is 0. The van der Waals surface area contributed by atoms with Gasteiger partial charge in [-0.25, -0.2) is 0 Å². The van der Waals surface area contributed by atoms with Crippen molar-refractivity contribution < 1.29 is 18.0 Å². The van der Waals surface area contributed by atoms with Crippen LogP contribution in [0.4, 0.5) is 13.2 Å². The van der Waals surface area contributed by atoms with E-state index in [2.05, 4.69) is 10.6 Å². The lowest BCUT2D eigenvalue weighted by Crippen LogP contribution is -2.46. The van der Waals surface area contributed by atoms with Crippen LogP contribution in [-0.4, -0.2) is 31.2 Å². The molecule has 104 valence electrons. The van der Waals surface area contributed by atoms with Crippen molar-refractivity contribution >= 4 is 5.91 Å². The second kappa shape index (κ2) is 5.47. The monoisotopic (exact) mass is 264 g/mol. The molecule has 3 nitrogen and oxygen atoms in total. The molecule has 2 N–H and O–H groups in total. The topological polar surface area (TPSA) is 41.1 Å². The summed E-state index contributed by atoms with van der Waals surface area (Å²) in [6.45, 7) is 1.48. The van der Waals surface area contributed by atoms with Crippen molar-refractivity contribution in [3.8, 4) is 0 Å². The van der Waals surface area contributed by atoms with E-state index in [0.717, 1.165) is 13.0 Å². The molecule has 1 aliphatic carbocycles. The van der Waals surface area contributed by atoms with Gasteiger partial charge in [0.15, 0.2) is 0 Å². The molecule has 1 saturated heterocycles. The minimum absolute atomic E-state index is 0.00619. The summed E-state index contributed by atoms with van der Waals surface area (Å²) in [5, 5.41) is 5.83. The average molecular weight is 264 g/mol. The highest BCUT2D eigenvalue weighted by Crippen LogP contribution is 2.41. The molecule has 1 aliphatic heterocycles. The van der Waals surface area contributed by atoms with Crippen LogP contribution >= 0.6 is 0 Å². The molecule has 1 saturated carbocycles. The molecule has 6 heteroatoms. The first-order valence-corrected chi connectivity index (χ1v) is 6.56. The summed E-state index contributed by atoms with van der Waals surface area (Å²) in [7, 11) is 0. The van der Waals surface area contributed by atoms with Crippen LogP contribution < -0.4 is 10.6 Å². The molecule has 3 atom stereocenters. The first-order chi connectivity index (χ1) is 8.48. The van der Waals surface area contributed by atoms with Gasteiger partial charge in [-0.05, 0) is 25.8 Å². The minimum atomic E-state index is -4.25. The van der Waals surface area contributed by atoms with E-state index in [-0.39, 0.29) is 12.5 Å². The number of hydrogen-bond donors (Lipinski definition) is 2. The van der Waals surface area contributed by atoms with E-state index in [9.17, 15) is 18.0 Å². The Bertz CT molecular complexity index is 300. The first kappa shape index (κ1) is 13.6. The Kier molecular flexibility index (Phi) is 4.14. The third kappa shape index (κ3) is 3.16. The van der Waals surface area contributed by atoms with E-state index < -0.39 is 23.9 Å². The third-order valence-electron chi connectivity index (χ3n) is 3.93. The molecule has 2 aliphatic rings. The lowest BCUT2D eigenvalue weighted by Gasteiger charge is -2.32. The number of halogens is 3. The van der Waals surface area contributed by atoms with Crippen molar-refractivity contribution in [2.24, 2.45) is 11.8 Å². The van der Waals surface area contributed by atoms with Gasteiger partial charge in [0.1, 0.15) is 0 Å². The van der Waals surface area contributed by atoms with Crippen LogP contribution in [0.15, 0.2) is 0 Å². The van der Waals surface area contributed by atoms with Gasteiger partial charge >= 0.3 is 6.18 Å². The Balaban J connectivity index is 1.97. The zero-order valence-electron chi connectivity index (χ0n) is 10.2. The predicted octanol–water partition coefficient (Wildman–Crippen LogP) is 1.83. The predicted molar refractivity (Wildman–Crippen MR) is 60.9 cm³/mol. The Hall–Kier alpha value is -0.780. The van der Waals surface area contributed by atoms with Crippen LogP contribution in [0.3, 0.4) is 0 Å². The summed E-state index contributed by atoms with van der Waals surface area (Å²) in [4.78, 5) is 12.0. The lowest BCUT2D eigenvalue weighted by molar-refractivity contribution is -0.198. The maximum atomic E-state index is 12.9. The minimum Gasteiger partial charge on any atom is -0.352 e. The normalized spacial score (nSPS) is 33.4. The molecule has 2 fully saturated rings. The molecule has 3 unspecified atom stereocenters. The molecule has 0 bridgehead atoms. The lowest BCUT2D eigenvalue weighted by atomic mass is 9.78. The van der Waals surface area contributed by atoms with Gasteiger partial charge in [0, 0.05) is 18.5 Å². The van der Waals surface area contributed by atoms with Crippen LogP contribution in [0.25, 0.3) is 0 Å². The largest absolute Gasteiger partial charge is 0.392 e. The number of amides is 1. The summed E-state index contributed by atoms with van der Waals surface area (Å²) >= 11 is 0. The van der Waals surface area contributed by atoms with Gasteiger partial charge < -0.3 is 10.6 Å². The Morgan fingerprint density at radius 3 is 2.50 bits per heavy atom. The van der Waals surface area contributed by atoms with Gasteiger partial charge in [0.05, 0.1) is 5.92 Å². The van der Waals surface area contributed by atoms with E-state index in [1.165, 1.54) is 0 Å². The Morgan fingerprint density at radius 2 is 1.89 bits per heavy atom. The molecule has 1 heterocycles. The van der Waals surface area contributed by atoms with E-state index >= 15 is 0 Å². The molecule has 2 rings (SSSR count). The number of rotatable bonds is 2. The maximum Gasteiger partial charge on any atom is 0.392 e. The van der Waals surface area contributed by atoms with Crippen LogP contribution in [0.2, 0.25) is 0 Å². The number of nitrogens with one attached hydrogen (secondary N) is 2. The van der Waals surface area contributed by atoms with Gasteiger partial charge in [-0.3, -0.25) is 4.79 Å². The molecule has 18 heavy (non-hydrogen) atoms. The van der Waals surface area contributed by atoms with Gasteiger partial charge in [-0.2, -0.15) is 13.2 Å². The number of alkyl halides is 3.